The van der Waals surface area contributed by atoms with Gasteiger partial charge in [-0.2, -0.15) is 0 Å². The molecule has 10 nitrogen and oxygen atoms in total. The number of amides is 2. The van der Waals surface area contributed by atoms with Gasteiger partial charge in [-0.25, -0.2) is 4.79 Å². The highest BCUT2D eigenvalue weighted by atomic mass is 16.6. The molecule has 0 radical (unpaired) electrons. The van der Waals surface area contributed by atoms with Crippen molar-refractivity contribution < 1.29 is 29.1 Å². The summed E-state index contributed by atoms with van der Waals surface area (Å²) in [5, 5.41) is 27.8. The molecule has 128 valence electrons. The average molecular weight is 336 g/mol. The number of hydrogen-bond acceptors (Lipinski definition) is 7. The van der Waals surface area contributed by atoms with E-state index in [0.29, 0.717) is 0 Å². The summed E-state index contributed by atoms with van der Waals surface area (Å²) in [5.74, 6) is -2.92. The summed E-state index contributed by atoms with van der Waals surface area (Å²) in [6.45, 7) is 3.61. The number of benzene rings is 1. The molecule has 24 heavy (non-hydrogen) atoms. The number of nitro groups is 1. The van der Waals surface area contributed by atoms with E-state index >= 15 is 0 Å². The molecule has 2 N–H and O–H groups in total. The molecule has 10 heteroatoms. The number of carbonyl (C=O) groups is 2. The van der Waals surface area contributed by atoms with Crippen LogP contribution in [0, 0.1) is 16.0 Å². The van der Waals surface area contributed by atoms with E-state index in [1.807, 2.05) is 0 Å². The van der Waals surface area contributed by atoms with Gasteiger partial charge >= 0.3 is 12.0 Å². The molecule has 1 heterocycles. The maximum absolute atomic E-state index is 12.0. The number of urea groups is 1. The summed E-state index contributed by atoms with van der Waals surface area (Å²) in [5.41, 5.74) is -0.515. The molecule has 2 atom stereocenters. The van der Waals surface area contributed by atoms with Crippen LogP contribution in [0.1, 0.15) is 11.6 Å². The Labute approximate surface area is 136 Å². The molecule has 0 saturated carbocycles. The van der Waals surface area contributed by atoms with E-state index in [1.54, 1.807) is 0 Å². The zero-order valence-electron chi connectivity index (χ0n) is 12.8. The minimum atomic E-state index is -1.03. The largest absolute Gasteiger partial charge is 0.865 e. The molecule has 1 saturated heterocycles. The maximum Gasteiger partial charge on any atom is 0.319 e. The molecule has 2 rings (SSSR count). The monoisotopic (exact) mass is 336 g/mol. The molecule has 0 spiro atoms. The lowest BCUT2D eigenvalue weighted by Crippen LogP contribution is -2.51. The van der Waals surface area contributed by atoms with Crippen molar-refractivity contribution in [3.63, 3.8) is 0 Å². The van der Waals surface area contributed by atoms with Crippen LogP contribution in [0.15, 0.2) is 24.4 Å². The molecule has 1 aromatic rings. The van der Waals surface area contributed by atoms with E-state index in [-0.39, 0.29) is 17.0 Å². The first kappa shape index (κ1) is 17.1. The molecule has 1 aliphatic heterocycles. The van der Waals surface area contributed by atoms with Gasteiger partial charge in [0, 0.05) is 17.5 Å². The van der Waals surface area contributed by atoms with Crippen molar-refractivity contribution in [2.45, 2.75) is 6.04 Å². The van der Waals surface area contributed by atoms with Gasteiger partial charge in [0.15, 0.2) is 0 Å². The predicted molar refractivity (Wildman–Crippen MR) is 78.1 cm³/mol. The number of rotatable bonds is 4. The number of nitro benzene ring substituents is 1. The predicted octanol–water partition coefficient (Wildman–Crippen LogP) is 0.334. The number of carbonyl (C=O) groups excluding carboxylic acids is 2. The van der Waals surface area contributed by atoms with Gasteiger partial charge in [-0.1, -0.05) is 6.58 Å². The molecule has 0 bridgehead atoms. The molecular weight excluding hydrogens is 322 g/mol. The summed E-state index contributed by atoms with van der Waals surface area (Å²) < 4.78 is 9.55. The summed E-state index contributed by atoms with van der Waals surface area (Å²) in [6.07, 6.45) is 0. The Morgan fingerprint density at radius 2 is 2.04 bits per heavy atom. The van der Waals surface area contributed by atoms with Crippen LogP contribution in [-0.2, 0) is 9.53 Å². The van der Waals surface area contributed by atoms with Gasteiger partial charge in [-0.15, -0.1) is 0 Å². The van der Waals surface area contributed by atoms with Crippen molar-refractivity contribution in [3.05, 3.63) is 40.1 Å². The first-order valence-electron chi connectivity index (χ1n) is 6.67. The maximum atomic E-state index is 12.0. The minimum Gasteiger partial charge on any atom is -0.865 e. The van der Waals surface area contributed by atoms with E-state index in [1.165, 1.54) is 13.2 Å². The van der Waals surface area contributed by atoms with Crippen molar-refractivity contribution in [3.8, 4) is 11.5 Å². The van der Waals surface area contributed by atoms with Gasteiger partial charge in [0.1, 0.15) is 11.7 Å². The standard InChI is InChI=1S/C14H15N3O7/c1-6-10(13(19)24-3)11(16-14(20)15-6)7-4-8(17(21)22)12(18)9(5-7)23-2/h4-5,10-11,18H,1H2,2-3H3,(H2,15,16,20)/p-1. The third-order valence-corrected chi connectivity index (χ3v) is 3.56. The van der Waals surface area contributed by atoms with Crippen LogP contribution in [0.3, 0.4) is 0 Å². The number of nitrogens with one attached hydrogen (secondary N) is 2. The van der Waals surface area contributed by atoms with Gasteiger partial charge in [-0.05, 0) is 11.6 Å². The Hall–Kier alpha value is -3.30. The van der Waals surface area contributed by atoms with Crippen LogP contribution in [0.25, 0.3) is 0 Å². The zero-order chi connectivity index (χ0) is 18.0. The second-order valence-corrected chi connectivity index (χ2v) is 4.93. The van der Waals surface area contributed by atoms with Crippen LogP contribution in [0.2, 0.25) is 0 Å². The highest BCUT2D eigenvalue weighted by Crippen LogP contribution is 2.39. The van der Waals surface area contributed by atoms with E-state index in [2.05, 4.69) is 21.9 Å². The van der Waals surface area contributed by atoms with Crippen LogP contribution in [-0.4, -0.2) is 31.1 Å². The van der Waals surface area contributed by atoms with E-state index in [4.69, 9.17) is 4.74 Å². The Morgan fingerprint density at radius 3 is 2.58 bits per heavy atom. The Balaban J connectivity index is 2.59. The molecule has 1 aliphatic rings. The number of ether oxygens (including phenoxy) is 2. The summed E-state index contributed by atoms with van der Waals surface area (Å²) in [6, 6.07) is 0.573. The van der Waals surface area contributed by atoms with Crippen molar-refractivity contribution in [1.82, 2.24) is 10.6 Å². The molecule has 1 aromatic carbocycles. The molecule has 1 fully saturated rings. The summed E-state index contributed by atoms with van der Waals surface area (Å²) >= 11 is 0. The molecular formula is C14H14N3O7-. The first-order chi connectivity index (χ1) is 11.3. The quantitative estimate of drug-likeness (QED) is 0.458. The van der Waals surface area contributed by atoms with E-state index in [9.17, 15) is 24.8 Å². The third-order valence-electron chi connectivity index (χ3n) is 3.56. The minimum absolute atomic E-state index is 0.0726. The SMILES string of the molecule is C=C1NC(=O)NC(c2cc(OC)c([O-])c([N+](=O)[O-])c2)C1C(=O)OC. The van der Waals surface area contributed by atoms with E-state index in [0.717, 1.165) is 13.2 Å². The Bertz CT molecular complexity index is 731. The second-order valence-electron chi connectivity index (χ2n) is 4.93. The number of hydrogen-bond donors (Lipinski definition) is 2. The smallest absolute Gasteiger partial charge is 0.319 e. The lowest BCUT2D eigenvalue weighted by Gasteiger charge is -2.33. The van der Waals surface area contributed by atoms with Crippen molar-refractivity contribution in [2.75, 3.05) is 14.2 Å². The summed E-state index contributed by atoms with van der Waals surface area (Å²) in [7, 11) is 2.34. The van der Waals surface area contributed by atoms with Crippen LogP contribution < -0.4 is 20.5 Å². The van der Waals surface area contributed by atoms with Crippen LogP contribution >= 0.6 is 0 Å². The topological polar surface area (TPSA) is 143 Å². The molecule has 2 amide bonds. The van der Waals surface area contributed by atoms with Crippen LogP contribution in [0.5, 0.6) is 11.5 Å². The van der Waals surface area contributed by atoms with Crippen molar-refractivity contribution in [1.29, 1.82) is 0 Å². The highest BCUT2D eigenvalue weighted by Gasteiger charge is 2.39. The van der Waals surface area contributed by atoms with Gasteiger partial charge in [0.25, 0.3) is 5.69 Å². The fraction of sp³-hybridized carbons (Fsp3) is 0.286. The number of esters is 1. The van der Waals surface area contributed by atoms with Gasteiger partial charge in [0.2, 0.25) is 0 Å². The van der Waals surface area contributed by atoms with Crippen molar-refractivity contribution in [2.24, 2.45) is 5.92 Å². The fourth-order valence-electron chi connectivity index (χ4n) is 2.44. The van der Waals surface area contributed by atoms with Gasteiger partial charge in [0.05, 0.1) is 25.2 Å². The molecule has 0 aromatic heterocycles. The summed E-state index contributed by atoms with van der Waals surface area (Å²) in [4.78, 5) is 33.9. The first-order valence-corrected chi connectivity index (χ1v) is 6.67. The lowest BCUT2D eigenvalue weighted by molar-refractivity contribution is -0.398. The second kappa shape index (κ2) is 6.44. The molecule has 0 aliphatic carbocycles. The highest BCUT2D eigenvalue weighted by molar-refractivity contribution is 5.85. The fourth-order valence-corrected chi connectivity index (χ4v) is 2.44. The number of nitrogens with zero attached hydrogens (tertiary/aromatic N) is 1. The lowest BCUT2D eigenvalue weighted by atomic mass is 9.88. The average Bonchev–Trinajstić information content (AvgIpc) is 2.53. The molecule has 2 unspecified atom stereocenters. The number of methoxy groups -OCH3 is 2. The van der Waals surface area contributed by atoms with Crippen molar-refractivity contribution >= 4 is 17.7 Å². The normalized spacial score (nSPS) is 19.9. The zero-order valence-corrected chi connectivity index (χ0v) is 12.8. The Kier molecular flexibility index (Phi) is 4.58. The van der Waals surface area contributed by atoms with Gasteiger partial charge < -0.3 is 25.2 Å². The Morgan fingerprint density at radius 1 is 1.38 bits per heavy atom. The van der Waals surface area contributed by atoms with E-state index < -0.39 is 40.3 Å². The third kappa shape index (κ3) is 2.93. The van der Waals surface area contributed by atoms with Gasteiger partial charge in [-0.3, -0.25) is 14.9 Å². The van der Waals surface area contributed by atoms with Crippen LogP contribution in [0.4, 0.5) is 10.5 Å².